The van der Waals surface area contributed by atoms with E-state index in [0.29, 0.717) is 22.1 Å². The Labute approximate surface area is 194 Å². The van der Waals surface area contributed by atoms with Crippen molar-refractivity contribution >= 4 is 21.6 Å². The number of nitrogens with one attached hydrogen (secondary N) is 2. The van der Waals surface area contributed by atoms with Crippen LogP contribution in [0.25, 0.3) is 0 Å². The first-order chi connectivity index (χ1) is 15.8. The van der Waals surface area contributed by atoms with Crippen LogP contribution in [0, 0.1) is 0 Å². The lowest BCUT2D eigenvalue weighted by Gasteiger charge is -2.22. The van der Waals surface area contributed by atoms with E-state index in [0.717, 1.165) is 4.31 Å². The van der Waals surface area contributed by atoms with E-state index in [1.807, 2.05) is 0 Å². The van der Waals surface area contributed by atoms with Crippen molar-refractivity contribution in [2.75, 3.05) is 0 Å². The van der Waals surface area contributed by atoms with E-state index in [1.54, 1.807) is 60.9 Å². The first-order valence-corrected chi connectivity index (χ1v) is 11.6. The summed E-state index contributed by atoms with van der Waals surface area (Å²) >= 11 is 5.87. The maximum atomic E-state index is 13.4. The lowest BCUT2D eigenvalue weighted by atomic mass is 10.3. The monoisotopic (exact) mass is 486 g/mol. The van der Waals surface area contributed by atoms with Crippen LogP contribution in [0.5, 0.6) is 17.4 Å². The minimum atomic E-state index is -4.01. The first-order valence-electron chi connectivity index (χ1n) is 9.74. The highest BCUT2D eigenvalue weighted by molar-refractivity contribution is 7.89. The van der Waals surface area contributed by atoms with E-state index in [-0.39, 0.29) is 23.7 Å². The molecule has 0 aliphatic heterocycles. The van der Waals surface area contributed by atoms with Gasteiger partial charge in [0.15, 0.2) is 0 Å². The number of rotatable bonds is 8. The first kappa shape index (κ1) is 22.6. The predicted octanol–water partition coefficient (Wildman–Crippen LogP) is 3.64. The minimum absolute atomic E-state index is 0.0206. The Morgan fingerprint density at radius 3 is 2.21 bits per heavy atom. The fourth-order valence-electron chi connectivity index (χ4n) is 3.09. The lowest BCUT2D eigenvalue weighted by molar-refractivity contribution is 0.381. The summed E-state index contributed by atoms with van der Waals surface area (Å²) in [7, 11) is -4.01. The Morgan fingerprint density at radius 2 is 1.64 bits per heavy atom. The van der Waals surface area contributed by atoms with Gasteiger partial charge in [0.1, 0.15) is 11.5 Å². The molecule has 33 heavy (non-hydrogen) atoms. The van der Waals surface area contributed by atoms with Crippen LogP contribution in [0.2, 0.25) is 5.02 Å². The van der Waals surface area contributed by atoms with Crippen molar-refractivity contribution in [1.82, 2.24) is 19.3 Å². The summed E-state index contributed by atoms with van der Waals surface area (Å²) < 4.78 is 33.7. The van der Waals surface area contributed by atoms with Crippen molar-refractivity contribution in [3.05, 3.63) is 99.8 Å². The van der Waals surface area contributed by atoms with Crippen LogP contribution in [0.4, 0.5) is 0 Å². The number of pyridine rings is 1. The van der Waals surface area contributed by atoms with E-state index >= 15 is 0 Å². The fraction of sp³-hybridized carbons (Fsp3) is 0.0909. The molecule has 0 unspecified atom stereocenters. The second-order valence-corrected chi connectivity index (χ2v) is 9.44. The topological polar surface area (TPSA) is 128 Å². The maximum Gasteiger partial charge on any atom is 0.326 e. The van der Waals surface area contributed by atoms with Crippen LogP contribution in [0.1, 0.15) is 11.3 Å². The molecule has 0 spiro atoms. The molecule has 2 heterocycles. The molecule has 3 N–H and O–H groups in total. The van der Waals surface area contributed by atoms with Gasteiger partial charge >= 0.3 is 5.69 Å². The Hall–Kier alpha value is -3.60. The van der Waals surface area contributed by atoms with Crippen LogP contribution in [-0.4, -0.2) is 32.8 Å². The number of hydrogen-bond acceptors (Lipinski definition) is 6. The normalized spacial score (nSPS) is 11.6. The molecule has 2 aromatic carbocycles. The number of hydrogen-bond donors (Lipinski definition) is 3. The number of imidazole rings is 1. The van der Waals surface area contributed by atoms with Crippen LogP contribution in [0.15, 0.2) is 82.7 Å². The predicted molar refractivity (Wildman–Crippen MR) is 122 cm³/mol. The van der Waals surface area contributed by atoms with Crippen molar-refractivity contribution in [3.8, 4) is 17.4 Å². The van der Waals surface area contributed by atoms with E-state index in [1.165, 1.54) is 12.1 Å². The molecule has 9 nitrogen and oxygen atoms in total. The van der Waals surface area contributed by atoms with Crippen molar-refractivity contribution in [2.24, 2.45) is 0 Å². The Kier molecular flexibility index (Phi) is 6.50. The van der Waals surface area contributed by atoms with Gasteiger partial charge in [-0.05, 0) is 60.2 Å². The van der Waals surface area contributed by atoms with Gasteiger partial charge < -0.3 is 14.8 Å². The molecule has 0 aliphatic rings. The molecule has 11 heteroatoms. The molecule has 0 bridgehead atoms. The molecular weight excluding hydrogens is 468 g/mol. The Bertz CT molecular complexity index is 1390. The number of H-pyrrole nitrogens is 2. The standard InChI is InChI=1S/C22H19ClN4O5S/c23-16-3-5-17(6-4-16)32-18-7-9-19(10-8-18)33(30,31)27(13-15-2-1-11-24-12-15)14-20-21(28)26-22(29)25-20/h1-12,28H,13-14H2,(H2,25,26,29). The van der Waals surface area contributed by atoms with Crippen molar-refractivity contribution in [3.63, 3.8) is 0 Å². The third-order valence-electron chi connectivity index (χ3n) is 4.71. The van der Waals surface area contributed by atoms with E-state index < -0.39 is 21.6 Å². The highest BCUT2D eigenvalue weighted by Crippen LogP contribution is 2.27. The van der Waals surface area contributed by atoms with Crippen LogP contribution >= 0.6 is 11.6 Å². The number of nitrogens with zero attached hydrogens (tertiary/aromatic N) is 2. The largest absolute Gasteiger partial charge is 0.493 e. The van der Waals surface area contributed by atoms with Gasteiger partial charge in [-0.15, -0.1) is 0 Å². The highest BCUT2D eigenvalue weighted by Gasteiger charge is 2.27. The van der Waals surface area contributed by atoms with Crippen molar-refractivity contribution in [1.29, 1.82) is 0 Å². The van der Waals surface area contributed by atoms with Crippen LogP contribution in [0.3, 0.4) is 0 Å². The second kappa shape index (κ2) is 9.49. The number of aromatic nitrogens is 3. The third kappa shape index (κ3) is 5.43. The molecule has 0 radical (unpaired) electrons. The molecule has 4 aromatic rings. The van der Waals surface area contributed by atoms with Gasteiger partial charge in [-0.3, -0.25) is 9.97 Å². The summed E-state index contributed by atoms with van der Waals surface area (Å²) in [4.78, 5) is 20.1. The molecule has 4 rings (SSSR count). The number of sulfonamides is 1. The molecular formula is C22H19ClN4O5S. The van der Waals surface area contributed by atoms with E-state index in [2.05, 4.69) is 15.0 Å². The zero-order valence-corrected chi connectivity index (χ0v) is 18.7. The number of ether oxygens (including phenoxy) is 1. The van der Waals surface area contributed by atoms with Gasteiger partial charge in [-0.25, -0.2) is 13.2 Å². The fourth-order valence-corrected chi connectivity index (χ4v) is 4.61. The summed E-state index contributed by atoms with van der Waals surface area (Å²) in [6.07, 6.45) is 3.13. The minimum Gasteiger partial charge on any atom is -0.493 e. The average molecular weight is 487 g/mol. The Balaban J connectivity index is 1.61. The van der Waals surface area contributed by atoms with E-state index in [4.69, 9.17) is 16.3 Å². The summed E-state index contributed by atoms with van der Waals surface area (Å²) in [5.41, 5.74) is 0.0567. The third-order valence-corrected chi connectivity index (χ3v) is 6.77. The number of benzene rings is 2. The summed E-state index contributed by atoms with van der Waals surface area (Å²) in [6, 6.07) is 16.1. The molecule has 0 atom stereocenters. The van der Waals surface area contributed by atoms with E-state index in [9.17, 15) is 18.3 Å². The number of aromatic hydroxyl groups is 1. The zero-order valence-electron chi connectivity index (χ0n) is 17.1. The van der Waals surface area contributed by atoms with Gasteiger partial charge in [0, 0.05) is 24.0 Å². The molecule has 0 aliphatic carbocycles. The summed E-state index contributed by atoms with van der Waals surface area (Å²) in [6.45, 7) is -0.281. The van der Waals surface area contributed by atoms with Gasteiger partial charge in [0.2, 0.25) is 15.9 Å². The Morgan fingerprint density at radius 1 is 0.970 bits per heavy atom. The van der Waals surface area contributed by atoms with Gasteiger partial charge in [0.25, 0.3) is 0 Å². The average Bonchev–Trinajstić information content (AvgIpc) is 3.12. The molecule has 0 saturated heterocycles. The second-order valence-electron chi connectivity index (χ2n) is 7.07. The number of aromatic amines is 2. The van der Waals surface area contributed by atoms with Crippen molar-refractivity contribution < 1.29 is 18.3 Å². The molecule has 2 aromatic heterocycles. The maximum absolute atomic E-state index is 13.4. The van der Waals surface area contributed by atoms with Gasteiger partial charge in [0.05, 0.1) is 17.1 Å². The summed E-state index contributed by atoms with van der Waals surface area (Å²) in [5.74, 6) is 0.584. The van der Waals surface area contributed by atoms with Gasteiger partial charge in [-0.2, -0.15) is 4.31 Å². The summed E-state index contributed by atoms with van der Waals surface area (Å²) in [5, 5.41) is 10.5. The lowest BCUT2D eigenvalue weighted by Crippen LogP contribution is -2.30. The molecule has 0 fully saturated rings. The quantitative estimate of drug-likeness (QED) is 0.349. The number of halogens is 1. The highest BCUT2D eigenvalue weighted by atomic mass is 35.5. The van der Waals surface area contributed by atoms with Gasteiger partial charge in [-0.1, -0.05) is 17.7 Å². The molecule has 0 amide bonds. The van der Waals surface area contributed by atoms with Crippen molar-refractivity contribution in [2.45, 2.75) is 18.0 Å². The smallest absolute Gasteiger partial charge is 0.326 e. The SMILES string of the molecule is O=c1[nH]c(O)c(CN(Cc2cccnc2)S(=O)(=O)c2ccc(Oc3ccc(Cl)cc3)cc2)[nH]1. The zero-order chi connectivity index (χ0) is 23.4. The van der Waals surface area contributed by atoms with Crippen LogP contribution in [-0.2, 0) is 23.1 Å². The van der Waals surface area contributed by atoms with Crippen LogP contribution < -0.4 is 10.4 Å². The molecule has 170 valence electrons. The molecule has 0 saturated carbocycles.